The SMILES string of the molecule is CCN(CC)S(=O)(=O)c1ccc(OC(C)C)c(NC(=O)c2ccc(OC)c(OC)c2)c1. The quantitative estimate of drug-likeness (QED) is 0.592. The lowest BCUT2D eigenvalue weighted by atomic mass is 10.1. The van der Waals surface area contributed by atoms with E-state index in [4.69, 9.17) is 14.2 Å². The summed E-state index contributed by atoms with van der Waals surface area (Å²) in [7, 11) is -0.708. The van der Waals surface area contributed by atoms with Crippen LogP contribution >= 0.6 is 0 Å². The van der Waals surface area contributed by atoms with Gasteiger partial charge in [0.05, 0.1) is 30.9 Å². The number of sulfonamides is 1. The smallest absolute Gasteiger partial charge is 0.255 e. The second-order valence-corrected chi connectivity index (χ2v) is 8.88. The first-order valence-electron chi connectivity index (χ1n) is 10.0. The monoisotopic (exact) mass is 450 g/mol. The van der Waals surface area contributed by atoms with Gasteiger partial charge in [-0.3, -0.25) is 4.79 Å². The van der Waals surface area contributed by atoms with Gasteiger partial charge in [-0.15, -0.1) is 0 Å². The fourth-order valence-electron chi connectivity index (χ4n) is 3.01. The van der Waals surface area contributed by atoms with Gasteiger partial charge in [0.25, 0.3) is 5.91 Å². The second kappa shape index (κ2) is 10.5. The molecular formula is C22H30N2O6S. The number of nitrogens with one attached hydrogen (secondary N) is 1. The Morgan fingerprint density at radius 1 is 0.968 bits per heavy atom. The lowest BCUT2D eigenvalue weighted by Crippen LogP contribution is -2.30. The van der Waals surface area contributed by atoms with Crippen LogP contribution in [0.3, 0.4) is 0 Å². The van der Waals surface area contributed by atoms with Gasteiger partial charge >= 0.3 is 0 Å². The van der Waals surface area contributed by atoms with Crippen LogP contribution in [0.2, 0.25) is 0 Å². The molecule has 0 aliphatic heterocycles. The zero-order chi connectivity index (χ0) is 23.2. The van der Waals surface area contributed by atoms with E-state index in [2.05, 4.69) is 5.32 Å². The maximum Gasteiger partial charge on any atom is 0.255 e. The molecule has 0 unspecified atom stereocenters. The number of anilines is 1. The summed E-state index contributed by atoms with van der Waals surface area (Å²) in [4.78, 5) is 13.0. The molecule has 2 rings (SSSR count). The van der Waals surface area contributed by atoms with Gasteiger partial charge in [-0.25, -0.2) is 8.42 Å². The first kappa shape index (κ1) is 24.5. The van der Waals surface area contributed by atoms with Gasteiger partial charge < -0.3 is 19.5 Å². The second-order valence-electron chi connectivity index (χ2n) is 6.94. The Hall–Kier alpha value is -2.78. The summed E-state index contributed by atoms with van der Waals surface area (Å²) in [5.74, 6) is 0.844. The van der Waals surface area contributed by atoms with Crippen molar-refractivity contribution in [2.24, 2.45) is 0 Å². The Labute approximate surface area is 184 Å². The summed E-state index contributed by atoms with van der Waals surface area (Å²) < 4.78 is 43.4. The van der Waals surface area contributed by atoms with E-state index in [0.717, 1.165) is 0 Å². The molecule has 0 saturated carbocycles. The zero-order valence-corrected chi connectivity index (χ0v) is 19.6. The molecule has 31 heavy (non-hydrogen) atoms. The summed E-state index contributed by atoms with van der Waals surface area (Å²) in [5.41, 5.74) is 0.590. The molecule has 2 aromatic rings. The van der Waals surface area contributed by atoms with Crippen LogP contribution in [-0.4, -0.2) is 52.0 Å². The maximum absolute atomic E-state index is 12.9. The number of hydrogen-bond donors (Lipinski definition) is 1. The Bertz CT molecular complexity index is 1020. The van der Waals surface area contributed by atoms with Crippen molar-refractivity contribution >= 4 is 21.6 Å². The molecule has 0 bridgehead atoms. The van der Waals surface area contributed by atoms with E-state index < -0.39 is 15.9 Å². The summed E-state index contributed by atoms with van der Waals surface area (Å²) >= 11 is 0. The van der Waals surface area contributed by atoms with Crippen LogP contribution < -0.4 is 19.5 Å². The van der Waals surface area contributed by atoms with Crippen molar-refractivity contribution in [3.8, 4) is 17.2 Å². The van der Waals surface area contributed by atoms with E-state index in [1.807, 2.05) is 13.8 Å². The largest absolute Gasteiger partial charge is 0.493 e. The Morgan fingerprint density at radius 3 is 2.13 bits per heavy atom. The molecule has 0 radical (unpaired) electrons. The van der Waals surface area contributed by atoms with Gasteiger partial charge in [0, 0.05) is 18.7 Å². The number of carbonyl (C=O) groups excluding carboxylic acids is 1. The lowest BCUT2D eigenvalue weighted by molar-refractivity contribution is 0.102. The maximum atomic E-state index is 12.9. The van der Waals surface area contributed by atoms with Crippen molar-refractivity contribution in [2.45, 2.75) is 38.7 Å². The average Bonchev–Trinajstić information content (AvgIpc) is 2.74. The number of rotatable bonds is 10. The molecule has 0 atom stereocenters. The number of benzene rings is 2. The molecule has 0 aromatic heterocycles. The van der Waals surface area contributed by atoms with Crippen molar-refractivity contribution in [1.29, 1.82) is 0 Å². The number of amides is 1. The van der Waals surface area contributed by atoms with Crippen molar-refractivity contribution in [1.82, 2.24) is 4.31 Å². The van der Waals surface area contributed by atoms with Gasteiger partial charge in [0.15, 0.2) is 11.5 Å². The number of nitrogens with zero attached hydrogens (tertiary/aromatic N) is 1. The van der Waals surface area contributed by atoms with E-state index >= 15 is 0 Å². The normalized spacial score (nSPS) is 11.5. The summed E-state index contributed by atoms with van der Waals surface area (Å²) in [6.07, 6.45) is -0.165. The topological polar surface area (TPSA) is 94.2 Å². The highest BCUT2D eigenvalue weighted by atomic mass is 32.2. The molecule has 1 amide bonds. The van der Waals surface area contributed by atoms with E-state index in [-0.39, 0.29) is 16.7 Å². The molecule has 0 spiro atoms. The van der Waals surface area contributed by atoms with Crippen molar-refractivity contribution in [3.63, 3.8) is 0 Å². The highest BCUT2D eigenvalue weighted by molar-refractivity contribution is 7.89. The third-order valence-electron chi connectivity index (χ3n) is 4.55. The first-order chi connectivity index (χ1) is 14.7. The number of hydrogen-bond acceptors (Lipinski definition) is 6. The van der Waals surface area contributed by atoms with Crippen molar-refractivity contribution in [3.05, 3.63) is 42.0 Å². The minimum absolute atomic E-state index is 0.0786. The van der Waals surface area contributed by atoms with Gasteiger partial charge in [0.1, 0.15) is 5.75 Å². The zero-order valence-electron chi connectivity index (χ0n) is 18.8. The van der Waals surface area contributed by atoms with Gasteiger partial charge in [-0.2, -0.15) is 4.31 Å². The molecule has 0 aliphatic rings. The van der Waals surface area contributed by atoms with Crippen LogP contribution in [0.4, 0.5) is 5.69 Å². The Kier molecular flexibility index (Phi) is 8.29. The average molecular weight is 451 g/mol. The van der Waals surface area contributed by atoms with E-state index in [9.17, 15) is 13.2 Å². The molecule has 0 saturated heterocycles. The van der Waals surface area contributed by atoms with Crippen LogP contribution in [0.15, 0.2) is 41.3 Å². The Balaban J connectivity index is 2.46. The summed E-state index contributed by atoms with van der Waals surface area (Å²) in [5, 5.41) is 2.77. The van der Waals surface area contributed by atoms with Crippen LogP contribution in [0.1, 0.15) is 38.1 Å². The van der Waals surface area contributed by atoms with Crippen LogP contribution in [-0.2, 0) is 10.0 Å². The molecule has 2 aromatic carbocycles. The van der Waals surface area contributed by atoms with Crippen LogP contribution in [0.25, 0.3) is 0 Å². The molecule has 0 aliphatic carbocycles. The number of carbonyl (C=O) groups is 1. The first-order valence-corrected chi connectivity index (χ1v) is 11.5. The molecule has 0 fully saturated rings. The molecule has 170 valence electrons. The fourth-order valence-corrected chi connectivity index (χ4v) is 4.49. The van der Waals surface area contributed by atoms with E-state index in [0.29, 0.717) is 35.9 Å². The molecule has 1 N–H and O–H groups in total. The minimum atomic E-state index is -3.70. The number of methoxy groups -OCH3 is 2. The Morgan fingerprint density at radius 2 is 1.58 bits per heavy atom. The highest BCUT2D eigenvalue weighted by Gasteiger charge is 2.24. The molecular weight excluding hydrogens is 420 g/mol. The van der Waals surface area contributed by atoms with E-state index in [1.54, 1.807) is 38.1 Å². The number of ether oxygens (including phenoxy) is 3. The third kappa shape index (κ3) is 5.68. The lowest BCUT2D eigenvalue weighted by Gasteiger charge is -2.20. The molecule has 9 heteroatoms. The van der Waals surface area contributed by atoms with Crippen LogP contribution in [0, 0.1) is 0 Å². The van der Waals surface area contributed by atoms with Crippen LogP contribution in [0.5, 0.6) is 17.2 Å². The molecule has 8 nitrogen and oxygen atoms in total. The third-order valence-corrected chi connectivity index (χ3v) is 6.60. The minimum Gasteiger partial charge on any atom is -0.493 e. The summed E-state index contributed by atoms with van der Waals surface area (Å²) in [6.45, 7) is 7.93. The predicted octanol–water partition coefficient (Wildman–Crippen LogP) is 3.77. The van der Waals surface area contributed by atoms with E-state index in [1.165, 1.54) is 30.7 Å². The van der Waals surface area contributed by atoms with Gasteiger partial charge in [-0.1, -0.05) is 13.8 Å². The van der Waals surface area contributed by atoms with Gasteiger partial charge in [-0.05, 0) is 50.2 Å². The summed E-state index contributed by atoms with van der Waals surface area (Å²) in [6, 6.07) is 9.23. The molecule has 0 heterocycles. The van der Waals surface area contributed by atoms with Crippen molar-refractivity contribution in [2.75, 3.05) is 32.6 Å². The van der Waals surface area contributed by atoms with Gasteiger partial charge in [0.2, 0.25) is 10.0 Å². The fraction of sp³-hybridized carbons (Fsp3) is 0.409. The van der Waals surface area contributed by atoms with Crippen molar-refractivity contribution < 1.29 is 27.4 Å². The highest BCUT2D eigenvalue weighted by Crippen LogP contribution is 2.32. The standard InChI is InChI=1S/C22H30N2O6S/c1-7-24(8-2)31(26,27)17-10-12-19(30-15(3)4)18(14-17)23-22(25)16-9-11-20(28-5)21(13-16)29-6/h9-15H,7-8H2,1-6H3,(H,23,25). The predicted molar refractivity (Wildman–Crippen MR) is 120 cm³/mol.